The Kier molecular flexibility index (Phi) is 25.4. The lowest BCUT2D eigenvalue weighted by Crippen LogP contribution is -2.64. The third-order valence-corrected chi connectivity index (χ3v) is 33.8. The summed E-state index contributed by atoms with van der Waals surface area (Å²) in [6.07, 6.45) is 34.1. The summed E-state index contributed by atoms with van der Waals surface area (Å²) >= 11 is 6.24. The second-order valence-electron chi connectivity index (χ2n) is 32.6. The third-order valence-electron chi connectivity index (χ3n) is 24.6. The molecule has 15 aromatic rings. The molecule has 7 N–H and O–H groups in total. The number of hydrogen-bond acceptors (Lipinski definition) is 30. The molecule has 1 amide bonds. The largest absolute Gasteiger partial charge is 0.366 e. The summed E-state index contributed by atoms with van der Waals surface area (Å²) in [7, 11) is -16.4. The number of carbonyl (C=O) groups excluding carboxylic acids is 1. The molecule has 5 aliphatic rings. The van der Waals surface area contributed by atoms with Crippen LogP contribution >= 0.6 is 11.6 Å². The van der Waals surface area contributed by atoms with Crippen molar-refractivity contribution >= 4 is 123 Å². The van der Waals surface area contributed by atoms with Crippen molar-refractivity contribution in [2.75, 3.05) is 94.2 Å². The van der Waals surface area contributed by atoms with Gasteiger partial charge in [0.05, 0.1) is 156 Å². The summed E-state index contributed by atoms with van der Waals surface area (Å²) in [5, 5.41) is 67.6. The number of pyridine rings is 2. The third kappa shape index (κ3) is 17.2. The lowest BCUT2D eigenvalue weighted by atomic mass is 9.89. The topological polar surface area (TPSA) is 633 Å². The van der Waals surface area contributed by atoms with Gasteiger partial charge in [0.2, 0.25) is 50.1 Å². The number of H-pyrrole nitrogens is 5. The summed E-state index contributed by atoms with van der Waals surface area (Å²) in [5.74, 6) is -0.424. The molecule has 15 aromatic heterocycles. The number of aromatic nitrogens is 24. The van der Waals surface area contributed by atoms with E-state index in [-0.39, 0.29) is 132 Å². The molecule has 134 heavy (non-hydrogen) atoms. The Labute approximate surface area is 771 Å². The SMILES string of the molecule is CCS(=O)(=O)N1CC(CC#N)(n2cc(-c3c(C(N)=O)cnc4[nH]ccc34)cn2)C1.CCS(=O)(=O)N1CC(CC#N)(n2cc(-c3ccnc4[nH]ccc34)cn2)C1.CCS(=O)(=O)N1CC(CC#N)(n2cc(-c3ncnc4[nH]cc(Cl)c34)cn2)C1.CCS(=O)(=O)N1CC(CC#N)(n2cc(-c3ncnc4nc[nH]c34)cn2)C1.CCS(=O)(=O)N1CC(CC#N)(n2cnc(-c3ncnc4[nH]ccc34)c2)C1. The summed E-state index contributed by atoms with van der Waals surface area (Å²) in [6, 6.07) is 18.3. The first-order valence-electron chi connectivity index (χ1n) is 41.8. The van der Waals surface area contributed by atoms with Crippen molar-refractivity contribution in [2.45, 2.75) is 94.4 Å². The summed E-state index contributed by atoms with van der Waals surface area (Å²) in [5.41, 5.74) is 13.8. The first kappa shape index (κ1) is 93.2. The number of amides is 1. The van der Waals surface area contributed by atoms with Crippen LogP contribution in [-0.4, -0.2) is 282 Å². The minimum atomic E-state index is -3.33. The zero-order chi connectivity index (χ0) is 95.1. The van der Waals surface area contributed by atoms with Crippen LogP contribution in [0.25, 0.3) is 111 Å². The fourth-order valence-corrected chi connectivity index (χ4v) is 23.3. The molecule has 5 saturated heterocycles. The number of nitrogens with zero attached hydrogens (tertiary/aromatic N) is 29. The summed E-state index contributed by atoms with van der Waals surface area (Å²) in [6.45, 7) is 10.4. The highest BCUT2D eigenvalue weighted by molar-refractivity contribution is 7.90. The minimum Gasteiger partial charge on any atom is -0.366 e. The normalized spacial score (nSPS) is 16.9. The van der Waals surface area contributed by atoms with Gasteiger partial charge >= 0.3 is 0 Å². The maximum atomic E-state index is 12.1. The Balaban J connectivity index is 0.000000122. The molecule has 5 fully saturated rings. The predicted molar refractivity (Wildman–Crippen MR) is 487 cm³/mol. The van der Waals surface area contributed by atoms with Crippen LogP contribution in [0.4, 0.5) is 0 Å². The van der Waals surface area contributed by atoms with Gasteiger partial charge in [-0.3, -0.25) is 23.5 Å². The molecule has 0 saturated carbocycles. The van der Waals surface area contributed by atoms with Crippen molar-refractivity contribution < 1.29 is 46.9 Å². The van der Waals surface area contributed by atoms with E-state index in [9.17, 15) is 73.2 Å². The second kappa shape index (κ2) is 36.5. The molecule has 0 bridgehead atoms. The van der Waals surface area contributed by atoms with Crippen molar-refractivity contribution in [1.29, 1.82) is 26.3 Å². The van der Waals surface area contributed by atoms with Gasteiger partial charge in [0, 0.05) is 178 Å². The van der Waals surface area contributed by atoms with Crippen LogP contribution in [-0.2, 0) is 77.8 Å². The van der Waals surface area contributed by atoms with Crippen LogP contribution in [0.2, 0.25) is 5.02 Å². The van der Waals surface area contributed by atoms with Crippen molar-refractivity contribution in [3.8, 4) is 86.5 Å². The average molecular weight is 1930 g/mol. The molecule has 5 aliphatic heterocycles. The van der Waals surface area contributed by atoms with Crippen LogP contribution in [0.5, 0.6) is 0 Å². The van der Waals surface area contributed by atoms with Gasteiger partial charge in [0.1, 0.15) is 86.3 Å². The van der Waals surface area contributed by atoms with Crippen LogP contribution in [0.3, 0.4) is 0 Å². The molecular formula is C82H86ClN35O11S5. The molecule has 0 atom stereocenters. The van der Waals surface area contributed by atoms with E-state index in [1.807, 2.05) is 41.4 Å². The number of rotatable bonds is 26. The van der Waals surface area contributed by atoms with E-state index >= 15 is 0 Å². The van der Waals surface area contributed by atoms with Crippen LogP contribution in [0.1, 0.15) is 77.1 Å². The summed E-state index contributed by atoms with van der Waals surface area (Å²) in [4.78, 5) is 69.4. The van der Waals surface area contributed by atoms with E-state index in [0.29, 0.717) is 66.8 Å². The Morgan fingerprint density at radius 2 is 0.813 bits per heavy atom. The molecule has 0 radical (unpaired) electrons. The zero-order valence-electron chi connectivity index (χ0n) is 72.5. The van der Waals surface area contributed by atoms with Crippen LogP contribution in [0, 0.1) is 56.7 Å². The fourth-order valence-electron chi connectivity index (χ4n) is 16.9. The lowest BCUT2D eigenvalue weighted by molar-refractivity contribution is 0.0719. The van der Waals surface area contributed by atoms with Gasteiger partial charge < -0.3 is 35.2 Å². The van der Waals surface area contributed by atoms with Crippen molar-refractivity contribution in [3.63, 3.8) is 0 Å². The second-order valence-corrected chi connectivity index (χ2v) is 44.3. The quantitative estimate of drug-likeness (QED) is 0.0371. The van der Waals surface area contributed by atoms with E-state index in [1.54, 1.807) is 140 Å². The Bertz CT molecular complexity index is 7410. The number of hydrogen-bond donors (Lipinski definition) is 6. The monoisotopic (exact) mass is 1930 g/mol. The Morgan fingerprint density at radius 1 is 0.418 bits per heavy atom. The molecule has 52 heteroatoms. The van der Waals surface area contributed by atoms with Gasteiger partial charge in [-0.25, -0.2) is 91.9 Å². The van der Waals surface area contributed by atoms with E-state index < -0.39 is 83.7 Å². The summed E-state index contributed by atoms with van der Waals surface area (Å²) < 4.78 is 136. The highest BCUT2D eigenvalue weighted by Crippen LogP contribution is 2.44. The van der Waals surface area contributed by atoms with E-state index in [1.165, 1.54) is 46.7 Å². The highest BCUT2D eigenvalue weighted by Gasteiger charge is 2.54. The number of nitrogens with two attached hydrogens (primary N) is 1. The number of primary amides is 1. The number of halogens is 1. The maximum absolute atomic E-state index is 12.1. The number of nitriles is 5. The van der Waals surface area contributed by atoms with Gasteiger partial charge in [-0.15, -0.1) is 0 Å². The number of carbonyl (C=O) groups is 1. The zero-order valence-corrected chi connectivity index (χ0v) is 77.3. The van der Waals surface area contributed by atoms with Gasteiger partial charge in [-0.2, -0.15) is 68.2 Å². The van der Waals surface area contributed by atoms with Crippen molar-refractivity contribution in [2.24, 2.45) is 5.73 Å². The highest BCUT2D eigenvalue weighted by atomic mass is 35.5. The van der Waals surface area contributed by atoms with Gasteiger partial charge in [0.25, 0.3) is 5.91 Å². The number of imidazole rings is 2. The van der Waals surface area contributed by atoms with Gasteiger partial charge in [-0.1, -0.05) is 11.6 Å². The molecule has 20 rings (SSSR count). The Morgan fingerprint density at radius 3 is 1.30 bits per heavy atom. The first-order chi connectivity index (χ1) is 64.2. The molecule has 692 valence electrons. The van der Waals surface area contributed by atoms with Crippen molar-refractivity contribution in [1.82, 2.24) is 140 Å². The molecule has 20 heterocycles. The first-order valence-corrected chi connectivity index (χ1v) is 50.2. The number of sulfonamides is 5. The smallest absolute Gasteiger partial charge is 0.250 e. The van der Waals surface area contributed by atoms with Gasteiger partial charge in [0.15, 0.2) is 5.65 Å². The van der Waals surface area contributed by atoms with E-state index in [2.05, 4.69) is 126 Å². The lowest BCUT2D eigenvalue weighted by Gasteiger charge is -2.48. The van der Waals surface area contributed by atoms with E-state index in [0.717, 1.165) is 49.7 Å². The van der Waals surface area contributed by atoms with Crippen molar-refractivity contribution in [3.05, 3.63) is 159 Å². The molecule has 0 aliphatic carbocycles. The molecule has 0 spiro atoms. The number of nitrogens with one attached hydrogen (secondary N) is 5. The molecular weight excluding hydrogens is 1850 g/mol. The fraction of sp³-hybridized carbons (Fsp3) is 0.366. The Hall–Kier alpha value is -14.0. The minimum absolute atomic E-state index is 0.00441. The average Bonchev–Trinajstić information content (AvgIpc) is 1.43. The van der Waals surface area contributed by atoms with Crippen LogP contribution < -0.4 is 5.73 Å². The molecule has 0 aromatic carbocycles. The van der Waals surface area contributed by atoms with Gasteiger partial charge in [-0.05, 0) is 64.4 Å². The van der Waals surface area contributed by atoms with E-state index in [4.69, 9.17) is 17.3 Å². The number of aromatic amines is 5. The molecule has 46 nitrogen and oxygen atoms in total. The standard InChI is InChI=1S/C18H19N7O3S.C17H18N6O2S.C16H16ClN7O2S.C16H17N7O2S.C15H16N8O2S/c1-2-29(27,28)24-10-18(11-24,4-5-19)25-9-12(7-23-25)15-13-3-6-21-17(13)22-8-14(15)16(20)26;1-2-26(24,25)22-11-17(12-22,5-6-18)23-10-13(9-21-23)14-3-7-19-16-15(14)4-8-20-16;1-2-27(25,26)23-8-16(9-23,3-4-18)24-7-11(5-22-24)14-13-12(17)6-19-15(13)21-10-20-14;1-2-26(24,25)23-8-16(9-23,4-5-17)22-7-13(21-11-22)14-12-3-6-18-15(12)20-10-19-14;1-2-26(24,25)22-7-15(8-22,3-4-16)23-6-11(5-21-23)12-13-14(19-9-17-12)20-10-18-13/h3,6-9H,2,4,10-11H2,1H3,(H2,20,26)(H,21,22);3-4,7-10H,2,5,11-12H2,1H3,(H,19,20);5-7,10H,2-3,8-9H2,1H3,(H,19,20,21);3,6-7,10-11H,2,4,8-9H2,1H3,(H,18,19,20);5-6,9-10H,2-3,7-8H2,1H3,(H,17,18,19,20). The molecule has 0 unspecified atom stereocenters. The van der Waals surface area contributed by atoms with Crippen LogP contribution in [0.15, 0.2) is 149 Å². The number of fused-ring (bicyclic) bond motifs is 5. The maximum Gasteiger partial charge on any atom is 0.250 e. The predicted octanol–water partition coefficient (Wildman–Crippen LogP) is 5.84.